The summed E-state index contributed by atoms with van der Waals surface area (Å²) in [6, 6.07) is 18.1. The zero-order chi connectivity index (χ0) is 14.9. The van der Waals surface area contributed by atoms with Gasteiger partial charge in [0.2, 0.25) is 5.13 Å². The predicted octanol–water partition coefficient (Wildman–Crippen LogP) is 3.26. The van der Waals surface area contributed by atoms with E-state index in [9.17, 15) is 5.11 Å². The van der Waals surface area contributed by atoms with Gasteiger partial charge in [0.05, 0.1) is 12.6 Å². The topological polar surface area (TPSA) is 49.2 Å². The van der Waals surface area contributed by atoms with Crippen molar-refractivity contribution in [2.75, 3.05) is 11.4 Å². The molecule has 110 valence electrons. The number of β-amino-alcohol motifs (C(OH)–C–C–N with tert-alkyl or cyclic N) is 1. The number of fused-ring (bicyclic) bond motifs is 1. The number of rotatable bonds is 2. The second-order valence-electron chi connectivity index (χ2n) is 5.35. The van der Waals surface area contributed by atoms with Gasteiger partial charge in [-0.05, 0) is 11.1 Å². The van der Waals surface area contributed by atoms with Crippen LogP contribution in [0.2, 0.25) is 0 Å². The first kappa shape index (κ1) is 13.4. The molecule has 1 atom stereocenters. The molecule has 4 nitrogen and oxygen atoms in total. The standard InChI is InChI=1S/C17H15N3OS/c21-15-11-20(10-13-8-4-5-9-14(13)15)17-19-18-16(22-17)12-6-2-1-3-7-12/h1-9,15,21H,10-11H2. The van der Waals surface area contributed by atoms with E-state index < -0.39 is 6.10 Å². The van der Waals surface area contributed by atoms with E-state index in [1.54, 1.807) is 11.3 Å². The van der Waals surface area contributed by atoms with Crippen LogP contribution in [0, 0.1) is 0 Å². The molecule has 0 radical (unpaired) electrons. The predicted molar refractivity (Wildman–Crippen MR) is 87.8 cm³/mol. The second-order valence-corrected chi connectivity index (χ2v) is 6.31. The number of benzene rings is 2. The number of nitrogens with zero attached hydrogens (tertiary/aromatic N) is 3. The Bertz CT molecular complexity index is 787. The van der Waals surface area contributed by atoms with Crippen LogP contribution in [0.25, 0.3) is 10.6 Å². The fourth-order valence-electron chi connectivity index (χ4n) is 2.77. The van der Waals surface area contributed by atoms with E-state index in [0.29, 0.717) is 6.54 Å². The van der Waals surface area contributed by atoms with Gasteiger partial charge in [-0.25, -0.2) is 0 Å². The highest BCUT2D eigenvalue weighted by Crippen LogP contribution is 2.34. The number of aromatic nitrogens is 2. The molecule has 0 fully saturated rings. The molecule has 5 heteroatoms. The highest BCUT2D eigenvalue weighted by Gasteiger charge is 2.25. The van der Waals surface area contributed by atoms with Crippen molar-refractivity contribution in [2.24, 2.45) is 0 Å². The lowest BCUT2D eigenvalue weighted by Gasteiger charge is -2.31. The Hall–Kier alpha value is -2.24. The molecule has 22 heavy (non-hydrogen) atoms. The Labute approximate surface area is 132 Å². The third-order valence-electron chi connectivity index (χ3n) is 3.87. The first-order valence-electron chi connectivity index (χ1n) is 7.21. The van der Waals surface area contributed by atoms with Crippen LogP contribution in [0.5, 0.6) is 0 Å². The first-order valence-corrected chi connectivity index (χ1v) is 8.02. The van der Waals surface area contributed by atoms with Crippen LogP contribution in [0.15, 0.2) is 54.6 Å². The Kier molecular flexibility index (Phi) is 3.36. The monoisotopic (exact) mass is 309 g/mol. The summed E-state index contributed by atoms with van der Waals surface area (Å²) in [7, 11) is 0. The van der Waals surface area contributed by atoms with E-state index >= 15 is 0 Å². The molecule has 0 amide bonds. The second kappa shape index (κ2) is 5.51. The summed E-state index contributed by atoms with van der Waals surface area (Å²) in [5.74, 6) is 0. The van der Waals surface area contributed by atoms with Gasteiger partial charge in [-0.15, -0.1) is 10.2 Å². The highest BCUT2D eigenvalue weighted by atomic mass is 32.1. The summed E-state index contributed by atoms with van der Waals surface area (Å²) in [5.41, 5.74) is 3.24. The van der Waals surface area contributed by atoms with Crippen molar-refractivity contribution in [3.63, 3.8) is 0 Å². The van der Waals surface area contributed by atoms with E-state index in [2.05, 4.69) is 21.2 Å². The van der Waals surface area contributed by atoms with Gasteiger partial charge in [-0.1, -0.05) is 65.9 Å². The van der Waals surface area contributed by atoms with Crippen molar-refractivity contribution in [3.8, 4) is 10.6 Å². The van der Waals surface area contributed by atoms with E-state index in [1.165, 1.54) is 0 Å². The smallest absolute Gasteiger partial charge is 0.209 e. The lowest BCUT2D eigenvalue weighted by atomic mass is 9.98. The zero-order valence-electron chi connectivity index (χ0n) is 11.9. The van der Waals surface area contributed by atoms with Crippen molar-refractivity contribution in [2.45, 2.75) is 12.6 Å². The van der Waals surface area contributed by atoms with E-state index in [4.69, 9.17) is 0 Å². The molecular formula is C17H15N3OS. The third-order valence-corrected chi connectivity index (χ3v) is 4.91. The molecular weight excluding hydrogens is 294 g/mol. The Morgan fingerprint density at radius 3 is 2.64 bits per heavy atom. The van der Waals surface area contributed by atoms with Crippen molar-refractivity contribution in [3.05, 3.63) is 65.7 Å². The quantitative estimate of drug-likeness (QED) is 0.789. The SMILES string of the molecule is OC1CN(c2nnc(-c3ccccc3)s2)Cc2ccccc21. The average Bonchev–Trinajstić information content (AvgIpc) is 3.06. The first-order chi connectivity index (χ1) is 10.8. The van der Waals surface area contributed by atoms with Crippen LogP contribution in [-0.4, -0.2) is 21.8 Å². The van der Waals surface area contributed by atoms with E-state index in [1.807, 2.05) is 48.5 Å². The molecule has 0 spiro atoms. The van der Waals surface area contributed by atoms with Crippen LogP contribution in [0.4, 0.5) is 5.13 Å². The van der Waals surface area contributed by atoms with E-state index in [0.717, 1.165) is 33.4 Å². The minimum absolute atomic E-state index is 0.478. The molecule has 0 saturated carbocycles. The normalized spacial score (nSPS) is 17.3. The summed E-state index contributed by atoms with van der Waals surface area (Å²) in [4.78, 5) is 2.09. The summed E-state index contributed by atoms with van der Waals surface area (Å²) >= 11 is 1.56. The lowest BCUT2D eigenvalue weighted by molar-refractivity contribution is 0.175. The lowest BCUT2D eigenvalue weighted by Crippen LogP contribution is -2.33. The van der Waals surface area contributed by atoms with E-state index in [-0.39, 0.29) is 0 Å². The highest BCUT2D eigenvalue weighted by molar-refractivity contribution is 7.18. The Morgan fingerprint density at radius 1 is 1.00 bits per heavy atom. The van der Waals surface area contributed by atoms with Gasteiger partial charge >= 0.3 is 0 Å². The van der Waals surface area contributed by atoms with Crippen LogP contribution < -0.4 is 4.90 Å². The van der Waals surface area contributed by atoms with Gasteiger partial charge in [0.15, 0.2) is 0 Å². The minimum atomic E-state index is -0.478. The number of aliphatic hydroxyl groups excluding tert-OH is 1. The van der Waals surface area contributed by atoms with Crippen LogP contribution in [0.3, 0.4) is 0 Å². The summed E-state index contributed by atoms with van der Waals surface area (Å²) < 4.78 is 0. The van der Waals surface area contributed by atoms with Gasteiger partial charge in [0.1, 0.15) is 5.01 Å². The molecule has 2 heterocycles. The summed E-state index contributed by atoms with van der Waals surface area (Å²) in [6.45, 7) is 1.32. The number of anilines is 1. The summed E-state index contributed by atoms with van der Waals surface area (Å²) in [5, 5.41) is 20.7. The van der Waals surface area contributed by atoms with Crippen molar-refractivity contribution in [1.82, 2.24) is 10.2 Å². The molecule has 1 aliphatic heterocycles. The van der Waals surface area contributed by atoms with Crippen LogP contribution in [-0.2, 0) is 6.54 Å². The molecule has 1 aromatic heterocycles. The molecule has 1 N–H and O–H groups in total. The molecule has 1 unspecified atom stereocenters. The molecule has 0 aliphatic carbocycles. The van der Waals surface area contributed by atoms with Gasteiger partial charge in [0.25, 0.3) is 0 Å². The number of hydrogen-bond acceptors (Lipinski definition) is 5. The molecule has 1 aliphatic rings. The average molecular weight is 309 g/mol. The Morgan fingerprint density at radius 2 is 1.77 bits per heavy atom. The maximum absolute atomic E-state index is 10.3. The maximum atomic E-state index is 10.3. The third kappa shape index (κ3) is 2.38. The fraction of sp³-hybridized carbons (Fsp3) is 0.176. The largest absolute Gasteiger partial charge is 0.387 e. The van der Waals surface area contributed by atoms with Crippen LogP contribution >= 0.6 is 11.3 Å². The van der Waals surface area contributed by atoms with Gasteiger partial charge in [-0.3, -0.25) is 0 Å². The number of hydrogen-bond donors (Lipinski definition) is 1. The van der Waals surface area contributed by atoms with Crippen molar-refractivity contribution < 1.29 is 5.11 Å². The van der Waals surface area contributed by atoms with Crippen molar-refractivity contribution >= 4 is 16.5 Å². The molecule has 4 rings (SSSR count). The molecule has 2 aromatic carbocycles. The number of aliphatic hydroxyl groups is 1. The Balaban J connectivity index is 1.63. The molecule has 0 saturated heterocycles. The van der Waals surface area contributed by atoms with Crippen molar-refractivity contribution in [1.29, 1.82) is 0 Å². The van der Waals surface area contributed by atoms with Crippen LogP contribution in [0.1, 0.15) is 17.2 Å². The molecule has 3 aromatic rings. The minimum Gasteiger partial charge on any atom is -0.387 e. The molecule has 0 bridgehead atoms. The zero-order valence-corrected chi connectivity index (χ0v) is 12.7. The van der Waals surface area contributed by atoms with Gasteiger partial charge in [-0.2, -0.15) is 0 Å². The maximum Gasteiger partial charge on any atom is 0.209 e. The van der Waals surface area contributed by atoms with Gasteiger partial charge in [0, 0.05) is 12.1 Å². The fourth-order valence-corrected chi connectivity index (χ4v) is 3.63. The van der Waals surface area contributed by atoms with Gasteiger partial charge < -0.3 is 10.0 Å². The summed E-state index contributed by atoms with van der Waals surface area (Å²) in [6.07, 6.45) is -0.478.